The highest BCUT2D eigenvalue weighted by Gasteiger charge is 2.50. The Morgan fingerprint density at radius 1 is 0.794 bits per heavy atom. The summed E-state index contributed by atoms with van der Waals surface area (Å²) in [6, 6.07) is 20.0. The predicted molar refractivity (Wildman–Crippen MR) is 123 cm³/mol. The van der Waals surface area contributed by atoms with Crippen LogP contribution in [0.1, 0.15) is 23.6 Å². The summed E-state index contributed by atoms with van der Waals surface area (Å²) in [5.41, 5.74) is -2.07. The zero-order chi connectivity index (χ0) is 24.5. The van der Waals surface area contributed by atoms with E-state index in [-0.39, 0.29) is 23.1 Å². The second kappa shape index (κ2) is 8.86. The van der Waals surface area contributed by atoms with Crippen LogP contribution in [0.15, 0.2) is 115 Å². The van der Waals surface area contributed by atoms with Gasteiger partial charge in [-0.05, 0) is 47.9 Å². The zero-order valence-electron chi connectivity index (χ0n) is 18.2. The second-order valence-electron chi connectivity index (χ2n) is 8.42. The number of halogens is 4. The molecule has 174 valence electrons. The summed E-state index contributed by atoms with van der Waals surface area (Å²) in [7, 11) is 0. The smallest absolute Gasteiger partial charge is 0.171 e. The fourth-order valence-corrected chi connectivity index (χ4v) is 4.30. The van der Waals surface area contributed by atoms with Gasteiger partial charge in [0.15, 0.2) is 17.8 Å². The SMILES string of the molecule is CC(C=CC1(c2ccccc2)C(F)=C(F)C=C(F)C1F)(c1ccc(O)cc1)c1ccc(O)cc1. The largest absolute Gasteiger partial charge is 0.508 e. The van der Waals surface area contributed by atoms with Gasteiger partial charge in [0.05, 0.1) is 0 Å². The van der Waals surface area contributed by atoms with E-state index in [1.807, 2.05) is 0 Å². The Morgan fingerprint density at radius 2 is 1.29 bits per heavy atom. The summed E-state index contributed by atoms with van der Waals surface area (Å²) >= 11 is 0. The van der Waals surface area contributed by atoms with Crippen molar-refractivity contribution < 1.29 is 27.8 Å². The predicted octanol–water partition coefficient (Wildman–Crippen LogP) is 7.25. The normalized spacial score (nSPS) is 21.1. The van der Waals surface area contributed by atoms with E-state index in [0.717, 1.165) is 6.08 Å². The Labute approximate surface area is 194 Å². The number of aromatic hydroxyl groups is 2. The van der Waals surface area contributed by atoms with Crippen LogP contribution in [0.3, 0.4) is 0 Å². The quantitative estimate of drug-likeness (QED) is 0.307. The van der Waals surface area contributed by atoms with E-state index in [1.54, 1.807) is 37.3 Å². The standard InChI is InChI=1S/C28H22F4O2/c1-27(18-7-11-21(33)12-8-18,19-9-13-22(34)14-10-19)15-16-28(20-5-3-2-4-6-20)25(31)23(29)17-24(30)26(28)32/h2-17,25,33-34H,1H3. The Bertz CT molecular complexity index is 1220. The van der Waals surface area contributed by atoms with Gasteiger partial charge in [0.25, 0.3) is 0 Å². The fourth-order valence-electron chi connectivity index (χ4n) is 4.30. The van der Waals surface area contributed by atoms with Crippen molar-refractivity contribution in [2.45, 2.75) is 23.9 Å². The molecule has 6 heteroatoms. The zero-order valence-corrected chi connectivity index (χ0v) is 18.2. The third-order valence-electron chi connectivity index (χ3n) is 6.34. The first-order valence-electron chi connectivity index (χ1n) is 10.6. The van der Waals surface area contributed by atoms with Crippen molar-refractivity contribution in [3.63, 3.8) is 0 Å². The van der Waals surface area contributed by atoms with Crippen LogP contribution >= 0.6 is 0 Å². The van der Waals surface area contributed by atoms with Crippen LogP contribution in [-0.4, -0.2) is 16.4 Å². The molecule has 34 heavy (non-hydrogen) atoms. The maximum Gasteiger partial charge on any atom is 0.171 e. The minimum Gasteiger partial charge on any atom is -0.508 e. The molecule has 0 heterocycles. The van der Waals surface area contributed by atoms with Crippen LogP contribution in [0, 0.1) is 0 Å². The van der Waals surface area contributed by atoms with Gasteiger partial charge in [-0.2, -0.15) is 0 Å². The number of allylic oxidation sites excluding steroid dienone is 6. The molecule has 3 aromatic rings. The van der Waals surface area contributed by atoms with Gasteiger partial charge in [-0.15, -0.1) is 0 Å². The van der Waals surface area contributed by atoms with Crippen LogP contribution in [-0.2, 0) is 10.8 Å². The Balaban J connectivity index is 1.96. The summed E-state index contributed by atoms with van der Waals surface area (Å²) in [5, 5.41) is 19.5. The molecule has 0 amide bonds. The van der Waals surface area contributed by atoms with Crippen LogP contribution in [0.4, 0.5) is 17.6 Å². The Kier molecular flexibility index (Phi) is 6.09. The minimum atomic E-state index is -2.49. The lowest BCUT2D eigenvalue weighted by Crippen LogP contribution is -2.39. The fraction of sp³-hybridized carbons (Fsp3) is 0.143. The number of phenols is 2. The van der Waals surface area contributed by atoms with Crippen molar-refractivity contribution in [1.82, 2.24) is 0 Å². The van der Waals surface area contributed by atoms with Crippen molar-refractivity contribution in [1.29, 1.82) is 0 Å². The molecule has 1 aliphatic rings. The van der Waals surface area contributed by atoms with Crippen LogP contribution in [0.5, 0.6) is 11.5 Å². The lowest BCUT2D eigenvalue weighted by Gasteiger charge is -2.36. The van der Waals surface area contributed by atoms with Gasteiger partial charge in [0.2, 0.25) is 0 Å². The van der Waals surface area contributed by atoms with Crippen molar-refractivity contribution >= 4 is 0 Å². The highest BCUT2D eigenvalue weighted by atomic mass is 19.2. The van der Waals surface area contributed by atoms with Gasteiger partial charge < -0.3 is 10.2 Å². The van der Waals surface area contributed by atoms with Gasteiger partial charge in [-0.1, -0.05) is 66.7 Å². The minimum absolute atomic E-state index is 0.0286. The molecule has 2 nitrogen and oxygen atoms in total. The molecule has 2 unspecified atom stereocenters. The molecule has 2 N–H and O–H groups in total. The molecule has 3 aromatic carbocycles. The van der Waals surface area contributed by atoms with Crippen LogP contribution < -0.4 is 0 Å². The van der Waals surface area contributed by atoms with Crippen molar-refractivity contribution in [3.05, 3.63) is 131 Å². The summed E-state index contributed by atoms with van der Waals surface area (Å²) in [4.78, 5) is 0. The lowest BCUT2D eigenvalue weighted by molar-refractivity contribution is 0.215. The van der Waals surface area contributed by atoms with E-state index in [4.69, 9.17) is 0 Å². The van der Waals surface area contributed by atoms with E-state index >= 15 is 8.78 Å². The second-order valence-corrected chi connectivity index (χ2v) is 8.42. The maximum absolute atomic E-state index is 15.5. The van der Waals surface area contributed by atoms with Gasteiger partial charge in [0, 0.05) is 11.5 Å². The summed E-state index contributed by atoms with van der Waals surface area (Å²) < 4.78 is 59.9. The van der Waals surface area contributed by atoms with Gasteiger partial charge in [-0.3, -0.25) is 0 Å². The number of alkyl halides is 1. The first kappa shape index (κ1) is 23.4. The topological polar surface area (TPSA) is 40.5 Å². The molecule has 0 saturated carbocycles. The first-order valence-corrected chi connectivity index (χ1v) is 10.6. The van der Waals surface area contributed by atoms with Gasteiger partial charge >= 0.3 is 0 Å². The highest BCUT2D eigenvalue weighted by molar-refractivity contribution is 5.53. The van der Waals surface area contributed by atoms with E-state index < -0.39 is 34.5 Å². The van der Waals surface area contributed by atoms with Gasteiger partial charge in [0.1, 0.15) is 22.7 Å². The molecule has 0 saturated heterocycles. The molecule has 0 fully saturated rings. The average Bonchev–Trinajstić information content (AvgIpc) is 2.84. The summed E-state index contributed by atoms with van der Waals surface area (Å²) in [5.74, 6) is -4.26. The molecule has 2 atom stereocenters. The van der Waals surface area contributed by atoms with Crippen molar-refractivity contribution in [2.24, 2.45) is 0 Å². The molecule has 0 aromatic heterocycles. The van der Waals surface area contributed by atoms with Crippen molar-refractivity contribution in [3.8, 4) is 11.5 Å². The van der Waals surface area contributed by atoms with Crippen molar-refractivity contribution in [2.75, 3.05) is 0 Å². The molecule has 0 spiro atoms. The lowest BCUT2D eigenvalue weighted by atomic mass is 9.69. The van der Waals surface area contributed by atoms with E-state index in [9.17, 15) is 19.0 Å². The van der Waals surface area contributed by atoms with E-state index in [2.05, 4.69) is 0 Å². The first-order chi connectivity index (χ1) is 16.2. The number of hydrogen-bond donors (Lipinski definition) is 2. The Hall–Kier alpha value is -3.80. The molecule has 0 aliphatic heterocycles. The maximum atomic E-state index is 15.5. The number of rotatable bonds is 5. The Morgan fingerprint density at radius 3 is 1.79 bits per heavy atom. The molecular formula is C28H22F4O2. The van der Waals surface area contributed by atoms with E-state index in [1.165, 1.54) is 54.6 Å². The van der Waals surface area contributed by atoms with Crippen LogP contribution in [0.2, 0.25) is 0 Å². The molecule has 4 rings (SSSR count). The number of hydrogen-bond acceptors (Lipinski definition) is 2. The number of benzene rings is 3. The summed E-state index contributed by atoms with van der Waals surface area (Å²) in [6.45, 7) is 1.77. The third-order valence-corrected chi connectivity index (χ3v) is 6.34. The summed E-state index contributed by atoms with van der Waals surface area (Å²) in [6.07, 6.45) is 0.397. The third kappa shape index (κ3) is 3.89. The molecule has 0 radical (unpaired) electrons. The number of phenolic OH excluding ortho intramolecular Hbond substituents is 2. The molecule has 0 bridgehead atoms. The van der Waals surface area contributed by atoms with Crippen LogP contribution in [0.25, 0.3) is 0 Å². The van der Waals surface area contributed by atoms with Gasteiger partial charge in [-0.25, -0.2) is 17.6 Å². The van der Waals surface area contributed by atoms with E-state index in [0.29, 0.717) is 11.1 Å². The highest BCUT2D eigenvalue weighted by Crippen LogP contribution is 2.49. The molecule has 1 aliphatic carbocycles. The molecular weight excluding hydrogens is 444 g/mol. The monoisotopic (exact) mass is 466 g/mol. The average molecular weight is 466 g/mol.